The lowest BCUT2D eigenvalue weighted by Gasteiger charge is -2.21. The predicted octanol–water partition coefficient (Wildman–Crippen LogP) is 1.35. The molecule has 38 heavy (non-hydrogen) atoms. The molecule has 1 aliphatic rings. The van der Waals surface area contributed by atoms with Crippen LogP contribution in [0.1, 0.15) is 57.7 Å². The maximum atomic E-state index is 13.4. The first-order valence-corrected chi connectivity index (χ1v) is 13.4. The monoisotopic (exact) mass is 559 g/mol. The van der Waals surface area contributed by atoms with Gasteiger partial charge < -0.3 is 31.8 Å². The number of hydrogen-bond donors (Lipinski definition) is 4. The summed E-state index contributed by atoms with van der Waals surface area (Å²) in [5, 5.41) is 5.42. The van der Waals surface area contributed by atoms with Crippen LogP contribution in [0.25, 0.3) is 5.65 Å². The van der Waals surface area contributed by atoms with Crippen molar-refractivity contribution in [2.45, 2.75) is 37.8 Å². The van der Waals surface area contributed by atoms with Crippen molar-refractivity contribution < 1.29 is 14.4 Å². The Hall–Kier alpha value is -3.55. The molecule has 0 aromatic carbocycles. The molecule has 0 unspecified atom stereocenters. The predicted molar refractivity (Wildman–Crippen MR) is 145 cm³/mol. The zero-order chi connectivity index (χ0) is 27.4. The molecule has 0 radical (unpaired) electrons. The second-order valence-corrected chi connectivity index (χ2v) is 10.5. The minimum Gasteiger partial charge on any atom is -0.370 e. The summed E-state index contributed by atoms with van der Waals surface area (Å²) in [5.41, 5.74) is 18.0. The van der Waals surface area contributed by atoms with Crippen molar-refractivity contribution in [3.05, 3.63) is 51.3 Å². The van der Waals surface area contributed by atoms with Crippen LogP contribution in [0.5, 0.6) is 0 Å². The van der Waals surface area contributed by atoms with E-state index in [1.165, 1.54) is 18.4 Å². The van der Waals surface area contributed by atoms with E-state index in [2.05, 4.69) is 20.3 Å². The molecule has 4 rings (SSSR count). The molecule has 2 amide bonds. The molecule has 3 aromatic rings. The van der Waals surface area contributed by atoms with E-state index in [4.69, 9.17) is 28.8 Å². The van der Waals surface area contributed by atoms with Gasteiger partial charge in [-0.2, -0.15) is 0 Å². The van der Waals surface area contributed by atoms with Crippen LogP contribution in [0.4, 0.5) is 0 Å². The zero-order valence-electron chi connectivity index (χ0n) is 20.8. The number of amides is 2. The second kappa shape index (κ2) is 11.9. The lowest BCUT2D eigenvalue weighted by Crippen LogP contribution is -2.33. The third kappa shape index (κ3) is 6.29. The fourth-order valence-electron chi connectivity index (χ4n) is 4.51. The Morgan fingerprint density at radius 1 is 1.24 bits per heavy atom. The number of nitrogens with two attached hydrogens (primary N) is 3. The molecular weight excluding hydrogens is 530 g/mol. The van der Waals surface area contributed by atoms with Gasteiger partial charge in [0.15, 0.2) is 11.7 Å². The quantitative estimate of drug-likeness (QED) is 0.124. The number of hydrogen-bond acceptors (Lipinski definition) is 8. The van der Waals surface area contributed by atoms with Gasteiger partial charge in [-0.3, -0.25) is 19.4 Å². The van der Waals surface area contributed by atoms with Crippen molar-refractivity contribution in [1.29, 1.82) is 0 Å². The third-order valence-electron chi connectivity index (χ3n) is 6.38. The number of fused-ring (bicyclic) bond motifs is 1. The highest BCUT2D eigenvalue weighted by Crippen LogP contribution is 2.35. The first-order valence-electron chi connectivity index (χ1n) is 12.1. The SMILES string of the molecule is CNC(=O)[C@H](CCCN=C(N)N)CC(=O)c1csc([C@@H]2C[C@@H](N)CN2C(=O)c2cn3cc(Cl)ccc3n2)n1. The van der Waals surface area contributed by atoms with Crippen LogP contribution in [0.15, 0.2) is 34.9 Å². The van der Waals surface area contributed by atoms with Gasteiger partial charge in [-0.15, -0.1) is 11.3 Å². The van der Waals surface area contributed by atoms with Gasteiger partial charge in [-0.25, -0.2) is 9.97 Å². The number of halogens is 1. The number of imidazole rings is 1. The topological polar surface area (TPSA) is 187 Å². The number of guanidine groups is 1. The molecule has 1 aliphatic heterocycles. The highest BCUT2D eigenvalue weighted by atomic mass is 35.5. The Bertz CT molecular complexity index is 1370. The summed E-state index contributed by atoms with van der Waals surface area (Å²) in [6, 6.07) is 2.82. The number of aliphatic imine (C=N–C) groups is 1. The number of thiazole rings is 1. The van der Waals surface area contributed by atoms with Crippen molar-refractivity contribution in [3.63, 3.8) is 0 Å². The summed E-state index contributed by atoms with van der Waals surface area (Å²) < 4.78 is 1.70. The molecule has 1 fully saturated rings. The lowest BCUT2D eigenvalue weighted by atomic mass is 9.95. The van der Waals surface area contributed by atoms with E-state index >= 15 is 0 Å². The van der Waals surface area contributed by atoms with E-state index < -0.39 is 5.92 Å². The zero-order valence-corrected chi connectivity index (χ0v) is 22.4. The van der Waals surface area contributed by atoms with Crippen molar-refractivity contribution in [2.24, 2.45) is 28.1 Å². The van der Waals surface area contributed by atoms with Gasteiger partial charge in [0.1, 0.15) is 22.0 Å². The van der Waals surface area contributed by atoms with Crippen LogP contribution >= 0.6 is 22.9 Å². The molecular formula is C24H30ClN9O3S. The molecule has 12 nitrogen and oxygen atoms in total. The Labute approximate surface area is 228 Å². The minimum atomic E-state index is -0.534. The molecule has 3 aromatic heterocycles. The number of pyridine rings is 1. The third-order valence-corrected chi connectivity index (χ3v) is 7.54. The molecule has 1 saturated heterocycles. The van der Waals surface area contributed by atoms with Gasteiger partial charge in [0.2, 0.25) is 5.91 Å². The van der Waals surface area contributed by atoms with Crippen LogP contribution in [-0.2, 0) is 4.79 Å². The smallest absolute Gasteiger partial charge is 0.274 e. The number of ketones is 1. The minimum absolute atomic E-state index is 0.00129. The highest BCUT2D eigenvalue weighted by molar-refractivity contribution is 7.09. The first kappa shape index (κ1) is 27.5. The molecule has 4 heterocycles. The van der Waals surface area contributed by atoms with Gasteiger partial charge in [0.25, 0.3) is 5.91 Å². The van der Waals surface area contributed by atoms with E-state index in [1.807, 2.05) is 0 Å². The van der Waals surface area contributed by atoms with E-state index in [-0.39, 0.29) is 53.4 Å². The summed E-state index contributed by atoms with van der Waals surface area (Å²) in [4.78, 5) is 53.3. The normalized spacial score (nSPS) is 17.9. The number of carbonyl (C=O) groups is 3. The number of carbonyl (C=O) groups excluding carboxylic acids is 3. The Morgan fingerprint density at radius 2 is 2.03 bits per heavy atom. The van der Waals surface area contributed by atoms with Gasteiger partial charge >= 0.3 is 0 Å². The fraction of sp³-hybridized carbons (Fsp3) is 0.417. The largest absolute Gasteiger partial charge is 0.370 e. The molecule has 0 aliphatic carbocycles. The summed E-state index contributed by atoms with van der Waals surface area (Å²) in [5.74, 6) is -1.30. The first-order chi connectivity index (χ1) is 18.2. The standard InChI is InChI=1S/C24H30ClN9O3S/c1-29-21(36)13(3-2-6-30-24(27)28)7-19(35)17-12-38-22(32-17)18-8-15(26)10-34(18)23(37)16-11-33-9-14(25)4-5-20(33)31-16/h4-5,9,11-13,15,18H,2-3,6-8,10,26H2,1H3,(H,29,36)(H4,27,28,30)/t13-,15-,18+/m1/s1. The highest BCUT2D eigenvalue weighted by Gasteiger charge is 2.38. The van der Waals surface area contributed by atoms with Gasteiger partial charge in [-0.1, -0.05) is 11.6 Å². The van der Waals surface area contributed by atoms with Gasteiger partial charge in [0, 0.05) is 56.3 Å². The molecule has 0 saturated carbocycles. The van der Waals surface area contributed by atoms with Crippen LogP contribution in [0.2, 0.25) is 5.02 Å². The van der Waals surface area contributed by atoms with Crippen molar-refractivity contribution >= 4 is 52.1 Å². The van der Waals surface area contributed by atoms with Crippen LogP contribution in [-0.4, -0.2) is 69.0 Å². The molecule has 14 heteroatoms. The van der Waals surface area contributed by atoms with Crippen molar-refractivity contribution in [2.75, 3.05) is 20.1 Å². The summed E-state index contributed by atoms with van der Waals surface area (Å²) in [6.07, 6.45) is 4.83. The number of nitrogens with zero attached hydrogens (tertiary/aromatic N) is 5. The Kier molecular flexibility index (Phi) is 8.59. The van der Waals surface area contributed by atoms with Crippen LogP contribution < -0.4 is 22.5 Å². The van der Waals surface area contributed by atoms with Gasteiger partial charge in [-0.05, 0) is 31.4 Å². The average molecular weight is 560 g/mol. The van der Waals surface area contributed by atoms with E-state index in [1.54, 1.807) is 39.2 Å². The molecule has 202 valence electrons. The number of rotatable bonds is 10. The number of aromatic nitrogens is 3. The van der Waals surface area contributed by atoms with E-state index in [9.17, 15) is 14.4 Å². The Morgan fingerprint density at radius 3 is 2.76 bits per heavy atom. The number of likely N-dealkylation sites (tertiary alicyclic amines) is 1. The van der Waals surface area contributed by atoms with Crippen molar-refractivity contribution in [1.82, 2.24) is 24.6 Å². The maximum absolute atomic E-state index is 13.4. The fourth-order valence-corrected chi connectivity index (χ4v) is 5.63. The summed E-state index contributed by atoms with van der Waals surface area (Å²) in [6.45, 7) is 0.714. The molecule has 7 N–H and O–H groups in total. The van der Waals surface area contributed by atoms with Gasteiger partial charge in [0.05, 0.1) is 11.1 Å². The number of nitrogens with one attached hydrogen (secondary N) is 1. The van der Waals surface area contributed by atoms with Crippen LogP contribution in [0, 0.1) is 5.92 Å². The van der Waals surface area contributed by atoms with E-state index in [0.29, 0.717) is 48.0 Å². The molecule has 0 spiro atoms. The summed E-state index contributed by atoms with van der Waals surface area (Å²) >= 11 is 7.35. The second-order valence-electron chi connectivity index (χ2n) is 9.17. The summed E-state index contributed by atoms with van der Waals surface area (Å²) in [7, 11) is 1.53. The average Bonchev–Trinajstić information content (AvgIpc) is 3.62. The molecule has 0 bridgehead atoms. The van der Waals surface area contributed by atoms with E-state index in [0.717, 1.165) is 0 Å². The number of Topliss-reactive ketones (excluding diaryl/α,β-unsaturated/α-hetero) is 1. The Balaban J connectivity index is 1.47. The lowest BCUT2D eigenvalue weighted by molar-refractivity contribution is -0.124. The van der Waals surface area contributed by atoms with Crippen molar-refractivity contribution in [3.8, 4) is 0 Å². The van der Waals surface area contributed by atoms with Crippen LogP contribution in [0.3, 0.4) is 0 Å². The molecule has 3 atom stereocenters. The maximum Gasteiger partial charge on any atom is 0.274 e.